The summed E-state index contributed by atoms with van der Waals surface area (Å²) in [6.45, 7) is 3.62. The maximum atomic E-state index is 13.9. The number of rotatable bonds is 5. The fraction of sp³-hybridized carbons (Fsp3) is 0.259. The molecule has 1 amide bonds. The number of nitrogens with zero attached hydrogens (tertiary/aromatic N) is 1. The average Bonchev–Trinajstić information content (AvgIpc) is 2.83. The zero-order valence-electron chi connectivity index (χ0n) is 19.6. The fourth-order valence-corrected chi connectivity index (χ4v) is 4.67. The van der Waals surface area contributed by atoms with Crippen LogP contribution in [-0.4, -0.2) is 37.5 Å². The second kappa shape index (κ2) is 9.77. The van der Waals surface area contributed by atoms with Gasteiger partial charge >= 0.3 is 5.97 Å². The van der Waals surface area contributed by atoms with Crippen molar-refractivity contribution in [3.05, 3.63) is 87.4 Å². The van der Waals surface area contributed by atoms with Crippen LogP contribution in [0.4, 0.5) is 0 Å². The lowest BCUT2D eigenvalue weighted by Crippen LogP contribution is -2.41. The van der Waals surface area contributed by atoms with E-state index in [-0.39, 0.29) is 11.9 Å². The van der Waals surface area contributed by atoms with Gasteiger partial charge in [-0.3, -0.25) is 9.59 Å². The number of methoxy groups -OCH3 is 2. The van der Waals surface area contributed by atoms with Crippen molar-refractivity contribution in [3.8, 4) is 17.2 Å². The van der Waals surface area contributed by atoms with E-state index in [0.29, 0.717) is 46.4 Å². The molecule has 0 bridgehead atoms. The molecule has 0 radical (unpaired) electrons. The highest BCUT2D eigenvalue weighted by atomic mass is 35.5. The van der Waals surface area contributed by atoms with E-state index in [1.54, 1.807) is 39.3 Å². The van der Waals surface area contributed by atoms with Gasteiger partial charge in [0, 0.05) is 29.6 Å². The van der Waals surface area contributed by atoms with Crippen molar-refractivity contribution in [2.24, 2.45) is 0 Å². The molecule has 0 saturated heterocycles. The van der Waals surface area contributed by atoms with Gasteiger partial charge in [-0.05, 0) is 66.4 Å². The van der Waals surface area contributed by atoms with Gasteiger partial charge in [-0.1, -0.05) is 29.8 Å². The third kappa shape index (κ3) is 4.46. The van der Waals surface area contributed by atoms with Gasteiger partial charge in [0.15, 0.2) is 11.5 Å². The van der Waals surface area contributed by atoms with Crippen molar-refractivity contribution in [1.82, 2.24) is 4.90 Å². The number of benzene rings is 3. The molecule has 1 unspecified atom stereocenters. The monoisotopic (exact) mass is 479 g/mol. The number of esters is 1. The summed E-state index contributed by atoms with van der Waals surface area (Å²) in [5.74, 6) is 1.03. The van der Waals surface area contributed by atoms with Crippen LogP contribution in [0.25, 0.3) is 0 Å². The van der Waals surface area contributed by atoms with Crippen LogP contribution in [-0.2, 0) is 11.2 Å². The van der Waals surface area contributed by atoms with E-state index in [1.165, 1.54) is 6.92 Å². The lowest BCUT2D eigenvalue weighted by Gasteiger charge is -2.38. The molecular formula is C27H26ClNO5. The molecule has 6 nitrogen and oxygen atoms in total. The third-order valence-electron chi connectivity index (χ3n) is 6.07. The Bertz CT molecular complexity index is 1260. The van der Waals surface area contributed by atoms with Gasteiger partial charge in [0.05, 0.1) is 20.3 Å². The van der Waals surface area contributed by atoms with E-state index in [2.05, 4.69) is 0 Å². The third-order valence-corrected chi connectivity index (χ3v) is 6.30. The normalized spacial score (nSPS) is 14.9. The molecule has 0 aliphatic carbocycles. The maximum absolute atomic E-state index is 13.9. The summed E-state index contributed by atoms with van der Waals surface area (Å²) in [5, 5.41) is 0.588. The summed E-state index contributed by atoms with van der Waals surface area (Å²) >= 11 is 6.34. The molecule has 0 spiro atoms. The first-order valence-corrected chi connectivity index (χ1v) is 11.3. The Kier molecular flexibility index (Phi) is 6.80. The standard InChI is InChI=1S/C27H26ClNO5/c1-16-21(9-6-10-23(16)34-17(2)30)27(31)29-12-11-18-14-24(32-3)25(33-4)15-22(18)26(29)19-7-5-8-20(28)13-19/h5-10,13-15,26H,11-12H2,1-4H3. The lowest BCUT2D eigenvalue weighted by atomic mass is 9.87. The van der Waals surface area contributed by atoms with E-state index in [9.17, 15) is 9.59 Å². The molecule has 4 rings (SSSR count). The number of amides is 1. The van der Waals surface area contributed by atoms with Crippen molar-refractivity contribution in [2.75, 3.05) is 20.8 Å². The number of carbonyl (C=O) groups excluding carboxylic acids is 2. The Hall–Kier alpha value is -3.51. The zero-order chi connectivity index (χ0) is 24.4. The Morgan fingerprint density at radius 1 is 0.971 bits per heavy atom. The first-order chi connectivity index (χ1) is 16.3. The SMILES string of the molecule is COc1cc2c(cc1OC)C(c1cccc(Cl)c1)N(C(=O)c1cccc(OC(C)=O)c1C)CC2. The number of halogens is 1. The number of carbonyl (C=O) groups is 2. The smallest absolute Gasteiger partial charge is 0.308 e. The van der Waals surface area contributed by atoms with Gasteiger partial charge in [0.25, 0.3) is 5.91 Å². The lowest BCUT2D eigenvalue weighted by molar-refractivity contribution is -0.131. The van der Waals surface area contributed by atoms with E-state index < -0.39 is 5.97 Å². The number of ether oxygens (including phenoxy) is 3. The molecule has 0 fully saturated rings. The van der Waals surface area contributed by atoms with Gasteiger partial charge in [0.2, 0.25) is 0 Å². The van der Waals surface area contributed by atoms with Crippen molar-refractivity contribution >= 4 is 23.5 Å². The quantitative estimate of drug-likeness (QED) is 0.363. The van der Waals surface area contributed by atoms with Gasteiger partial charge in [-0.25, -0.2) is 0 Å². The summed E-state index contributed by atoms with van der Waals surface area (Å²) in [5.41, 5.74) is 4.02. The Balaban J connectivity index is 1.85. The average molecular weight is 480 g/mol. The first-order valence-electron chi connectivity index (χ1n) is 10.9. The van der Waals surface area contributed by atoms with Gasteiger partial charge in [0.1, 0.15) is 5.75 Å². The molecule has 7 heteroatoms. The molecule has 0 aromatic heterocycles. The van der Waals surface area contributed by atoms with E-state index in [4.69, 9.17) is 25.8 Å². The largest absolute Gasteiger partial charge is 0.493 e. The van der Waals surface area contributed by atoms with Gasteiger partial charge < -0.3 is 19.1 Å². The van der Waals surface area contributed by atoms with Crippen LogP contribution < -0.4 is 14.2 Å². The molecule has 1 atom stereocenters. The summed E-state index contributed by atoms with van der Waals surface area (Å²) in [4.78, 5) is 27.3. The van der Waals surface area contributed by atoms with E-state index >= 15 is 0 Å². The van der Waals surface area contributed by atoms with Crippen LogP contribution in [0.15, 0.2) is 54.6 Å². The molecule has 1 heterocycles. The second-order valence-electron chi connectivity index (χ2n) is 8.13. The number of hydrogen-bond donors (Lipinski definition) is 0. The minimum atomic E-state index is -0.433. The van der Waals surface area contributed by atoms with E-state index in [1.807, 2.05) is 41.3 Å². The highest BCUT2D eigenvalue weighted by Gasteiger charge is 2.34. The highest BCUT2D eigenvalue weighted by molar-refractivity contribution is 6.30. The molecule has 176 valence electrons. The van der Waals surface area contributed by atoms with Gasteiger partial charge in [-0.15, -0.1) is 0 Å². The van der Waals surface area contributed by atoms with Crippen LogP contribution in [0, 0.1) is 6.92 Å². The van der Waals surface area contributed by atoms with Crippen molar-refractivity contribution in [3.63, 3.8) is 0 Å². The van der Waals surface area contributed by atoms with Crippen LogP contribution in [0.5, 0.6) is 17.2 Å². The molecule has 1 aliphatic rings. The van der Waals surface area contributed by atoms with Crippen LogP contribution in [0.1, 0.15) is 45.6 Å². The van der Waals surface area contributed by atoms with Gasteiger partial charge in [-0.2, -0.15) is 0 Å². The summed E-state index contributed by atoms with van der Waals surface area (Å²) < 4.78 is 16.4. The van der Waals surface area contributed by atoms with Crippen LogP contribution in [0.2, 0.25) is 5.02 Å². The van der Waals surface area contributed by atoms with Crippen molar-refractivity contribution < 1.29 is 23.8 Å². The zero-order valence-corrected chi connectivity index (χ0v) is 20.3. The summed E-state index contributed by atoms with van der Waals surface area (Å²) in [6, 6.07) is 16.2. The van der Waals surface area contributed by atoms with Crippen LogP contribution in [0.3, 0.4) is 0 Å². The Morgan fingerprint density at radius 2 is 1.68 bits per heavy atom. The predicted molar refractivity (Wildman–Crippen MR) is 130 cm³/mol. The Morgan fingerprint density at radius 3 is 2.35 bits per heavy atom. The van der Waals surface area contributed by atoms with Crippen molar-refractivity contribution in [1.29, 1.82) is 0 Å². The summed E-state index contributed by atoms with van der Waals surface area (Å²) in [6.07, 6.45) is 0.654. The van der Waals surface area contributed by atoms with Crippen LogP contribution >= 0.6 is 11.6 Å². The predicted octanol–water partition coefficient (Wildman–Crippen LogP) is 5.38. The molecule has 0 N–H and O–H groups in total. The van der Waals surface area contributed by atoms with E-state index in [0.717, 1.165) is 16.7 Å². The highest BCUT2D eigenvalue weighted by Crippen LogP contribution is 2.42. The Labute approximate surface area is 204 Å². The minimum Gasteiger partial charge on any atom is -0.493 e. The molecule has 3 aromatic carbocycles. The molecule has 0 saturated carbocycles. The maximum Gasteiger partial charge on any atom is 0.308 e. The fourth-order valence-electron chi connectivity index (χ4n) is 4.47. The first kappa shape index (κ1) is 23.6. The molecule has 1 aliphatic heterocycles. The summed E-state index contributed by atoms with van der Waals surface area (Å²) in [7, 11) is 3.20. The van der Waals surface area contributed by atoms with Crippen molar-refractivity contribution in [2.45, 2.75) is 26.3 Å². The molecular weight excluding hydrogens is 454 g/mol. The second-order valence-corrected chi connectivity index (χ2v) is 8.57. The molecule has 3 aromatic rings. The number of fused-ring (bicyclic) bond motifs is 1. The minimum absolute atomic E-state index is 0.156. The topological polar surface area (TPSA) is 65.1 Å². The molecule has 34 heavy (non-hydrogen) atoms. The number of hydrogen-bond acceptors (Lipinski definition) is 5.